The third kappa shape index (κ3) is 3.91. The van der Waals surface area contributed by atoms with E-state index in [-0.39, 0.29) is 11.5 Å². The molecule has 0 aliphatic carbocycles. The lowest BCUT2D eigenvalue weighted by molar-refractivity contribution is 0.248. The predicted molar refractivity (Wildman–Crippen MR) is 107 cm³/mol. The number of nitrogens with one attached hydrogen (secondary N) is 2. The lowest BCUT2D eigenvalue weighted by Crippen LogP contribution is -2.23. The van der Waals surface area contributed by atoms with E-state index in [9.17, 15) is 4.79 Å². The number of aromatic nitrogens is 3. The molecule has 0 bridgehead atoms. The van der Waals surface area contributed by atoms with Gasteiger partial charge in [-0.25, -0.2) is 0 Å². The number of benzene rings is 2. The Bertz CT molecular complexity index is 1040. The smallest absolute Gasteiger partial charge is 0.262 e. The van der Waals surface area contributed by atoms with E-state index in [0.717, 1.165) is 18.7 Å². The van der Waals surface area contributed by atoms with E-state index in [1.165, 1.54) is 11.1 Å². The van der Waals surface area contributed by atoms with E-state index >= 15 is 0 Å². The van der Waals surface area contributed by atoms with E-state index < -0.39 is 0 Å². The Balaban J connectivity index is 1.65. The number of anilines is 1. The normalized spacial score (nSPS) is 11.3. The highest BCUT2D eigenvalue weighted by atomic mass is 16.1. The van der Waals surface area contributed by atoms with Crippen LogP contribution in [0.5, 0.6) is 0 Å². The van der Waals surface area contributed by atoms with Crippen LogP contribution >= 0.6 is 0 Å². The maximum absolute atomic E-state index is 12.4. The second kappa shape index (κ2) is 7.47. The molecule has 6 nitrogen and oxygen atoms in total. The number of rotatable bonds is 6. The van der Waals surface area contributed by atoms with Crippen molar-refractivity contribution in [1.29, 1.82) is 0 Å². The summed E-state index contributed by atoms with van der Waals surface area (Å²) in [7, 11) is 0. The van der Waals surface area contributed by atoms with Gasteiger partial charge in [0.1, 0.15) is 5.65 Å². The van der Waals surface area contributed by atoms with Crippen molar-refractivity contribution in [3.8, 4) is 0 Å². The summed E-state index contributed by atoms with van der Waals surface area (Å²) in [4.78, 5) is 24.5. The third-order valence-corrected chi connectivity index (χ3v) is 4.53. The van der Waals surface area contributed by atoms with Crippen LogP contribution in [0.4, 0.5) is 5.95 Å². The summed E-state index contributed by atoms with van der Waals surface area (Å²) in [5, 5.41) is 0.565. The van der Waals surface area contributed by atoms with Crippen molar-refractivity contribution in [3.05, 3.63) is 93.9 Å². The second-order valence-electron chi connectivity index (χ2n) is 6.61. The average Bonchev–Trinajstić information content (AvgIpc) is 3.06. The molecule has 2 heterocycles. The molecule has 2 aromatic carbocycles. The van der Waals surface area contributed by atoms with Crippen LogP contribution < -0.4 is 11.3 Å². The molecular weight excluding hydrogens is 338 g/mol. The molecule has 27 heavy (non-hydrogen) atoms. The van der Waals surface area contributed by atoms with Crippen molar-refractivity contribution in [2.24, 2.45) is 0 Å². The summed E-state index contributed by atoms with van der Waals surface area (Å²) in [5.74, 6) is 0.117. The molecule has 0 amide bonds. The SMILES string of the molecule is Nc1nc2[nH]cc(CN(Cc3ccccc3)Cc3ccccc3)c2c(=O)[nH]1. The number of nitrogen functional groups attached to an aromatic ring is 1. The third-order valence-electron chi connectivity index (χ3n) is 4.53. The Hall–Kier alpha value is -3.38. The van der Waals surface area contributed by atoms with Crippen LogP contribution in [0.15, 0.2) is 71.7 Å². The number of hydrogen-bond acceptors (Lipinski definition) is 4. The minimum absolute atomic E-state index is 0.117. The largest absolute Gasteiger partial charge is 0.369 e. The van der Waals surface area contributed by atoms with E-state index in [2.05, 4.69) is 44.1 Å². The summed E-state index contributed by atoms with van der Waals surface area (Å²) in [6, 6.07) is 20.6. The van der Waals surface area contributed by atoms with Crippen LogP contribution in [0.25, 0.3) is 11.0 Å². The van der Waals surface area contributed by atoms with Gasteiger partial charge in [0.2, 0.25) is 5.95 Å². The molecule has 0 saturated carbocycles. The highest BCUT2D eigenvalue weighted by Gasteiger charge is 2.14. The minimum Gasteiger partial charge on any atom is -0.369 e. The van der Waals surface area contributed by atoms with E-state index in [1.54, 1.807) is 0 Å². The summed E-state index contributed by atoms with van der Waals surface area (Å²) in [5.41, 5.74) is 9.31. The van der Waals surface area contributed by atoms with E-state index in [0.29, 0.717) is 17.6 Å². The predicted octanol–water partition coefficient (Wildman–Crippen LogP) is 3.04. The molecule has 4 aromatic rings. The zero-order chi connectivity index (χ0) is 18.6. The van der Waals surface area contributed by atoms with Crippen LogP contribution in [0.1, 0.15) is 16.7 Å². The number of nitrogens with two attached hydrogens (primary N) is 1. The van der Waals surface area contributed by atoms with Gasteiger partial charge in [0.25, 0.3) is 5.56 Å². The van der Waals surface area contributed by atoms with Crippen molar-refractivity contribution >= 4 is 17.0 Å². The first-order valence-corrected chi connectivity index (χ1v) is 8.85. The van der Waals surface area contributed by atoms with Gasteiger partial charge in [-0.1, -0.05) is 60.7 Å². The summed E-state index contributed by atoms with van der Waals surface area (Å²) in [6.45, 7) is 2.18. The first-order chi connectivity index (χ1) is 13.2. The van der Waals surface area contributed by atoms with Crippen LogP contribution in [-0.4, -0.2) is 19.9 Å². The summed E-state index contributed by atoms with van der Waals surface area (Å²) in [6.07, 6.45) is 1.84. The maximum Gasteiger partial charge on any atom is 0.262 e. The molecule has 136 valence electrons. The molecule has 2 aromatic heterocycles. The molecule has 6 heteroatoms. The van der Waals surface area contributed by atoms with E-state index in [1.807, 2.05) is 42.6 Å². The zero-order valence-electron chi connectivity index (χ0n) is 14.9. The molecular formula is C21H21N5O. The van der Waals surface area contributed by atoms with E-state index in [4.69, 9.17) is 5.73 Å². The molecule has 0 unspecified atom stereocenters. The number of H-pyrrole nitrogens is 2. The molecule has 0 aliphatic rings. The molecule has 0 spiro atoms. The lowest BCUT2D eigenvalue weighted by Gasteiger charge is -2.22. The molecule has 4 rings (SSSR count). The Morgan fingerprint density at radius 1 is 0.889 bits per heavy atom. The average molecular weight is 359 g/mol. The number of hydrogen-bond donors (Lipinski definition) is 3. The first-order valence-electron chi connectivity index (χ1n) is 8.85. The fourth-order valence-electron chi connectivity index (χ4n) is 3.34. The van der Waals surface area contributed by atoms with Gasteiger partial charge in [0.05, 0.1) is 5.39 Å². The van der Waals surface area contributed by atoms with Crippen molar-refractivity contribution in [3.63, 3.8) is 0 Å². The van der Waals surface area contributed by atoms with Gasteiger partial charge >= 0.3 is 0 Å². The van der Waals surface area contributed by atoms with Crippen LogP contribution in [0.2, 0.25) is 0 Å². The molecule has 0 atom stereocenters. The second-order valence-corrected chi connectivity index (χ2v) is 6.61. The quantitative estimate of drug-likeness (QED) is 0.493. The van der Waals surface area contributed by atoms with Crippen LogP contribution in [0, 0.1) is 0 Å². The van der Waals surface area contributed by atoms with Crippen molar-refractivity contribution in [1.82, 2.24) is 19.9 Å². The van der Waals surface area contributed by atoms with Crippen LogP contribution in [0.3, 0.4) is 0 Å². The van der Waals surface area contributed by atoms with Crippen molar-refractivity contribution in [2.45, 2.75) is 19.6 Å². The minimum atomic E-state index is -0.215. The fraction of sp³-hybridized carbons (Fsp3) is 0.143. The molecule has 0 saturated heterocycles. The number of fused-ring (bicyclic) bond motifs is 1. The zero-order valence-corrected chi connectivity index (χ0v) is 14.9. The molecule has 4 N–H and O–H groups in total. The Morgan fingerprint density at radius 2 is 1.48 bits per heavy atom. The number of aromatic amines is 2. The summed E-state index contributed by atoms with van der Waals surface area (Å²) >= 11 is 0. The maximum atomic E-state index is 12.4. The lowest BCUT2D eigenvalue weighted by atomic mass is 10.1. The van der Waals surface area contributed by atoms with Gasteiger partial charge < -0.3 is 10.7 Å². The topological polar surface area (TPSA) is 90.8 Å². The van der Waals surface area contributed by atoms with Gasteiger partial charge in [-0.05, 0) is 16.7 Å². The van der Waals surface area contributed by atoms with Crippen molar-refractivity contribution < 1.29 is 0 Å². The Labute approximate surface area is 156 Å². The highest BCUT2D eigenvalue weighted by Crippen LogP contribution is 2.18. The number of nitrogens with zero attached hydrogens (tertiary/aromatic N) is 2. The molecule has 0 radical (unpaired) electrons. The highest BCUT2D eigenvalue weighted by molar-refractivity contribution is 5.79. The Kier molecular flexibility index (Phi) is 4.72. The van der Waals surface area contributed by atoms with Gasteiger partial charge in [0.15, 0.2) is 0 Å². The van der Waals surface area contributed by atoms with Crippen LogP contribution in [-0.2, 0) is 19.6 Å². The molecule has 0 fully saturated rings. The standard InChI is InChI=1S/C21H21N5O/c22-21-24-19-18(20(27)25-21)17(11-23-19)14-26(12-15-7-3-1-4-8-15)13-16-9-5-2-6-10-16/h1-11H,12-14H2,(H4,22,23,24,25,27). The van der Waals surface area contributed by atoms with Gasteiger partial charge in [0, 0.05) is 25.8 Å². The Morgan fingerprint density at radius 3 is 2.07 bits per heavy atom. The van der Waals surface area contributed by atoms with Gasteiger partial charge in [-0.15, -0.1) is 0 Å². The van der Waals surface area contributed by atoms with Gasteiger partial charge in [-0.2, -0.15) is 4.98 Å². The first kappa shape index (κ1) is 17.1. The van der Waals surface area contributed by atoms with Crippen molar-refractivity contribution in [2.75, 3.05) is 5.73 Å². The van der Waals surface area contributed by atoms with Gasteiger partial charge in [-0.3, -0.25) is 14.7 Å². The molecule has 0 aliphatic heterocycles. The summed E-state index contributed by atoms with van der Waals surface area (Å²) < 4.78 is 0. The fourth-order valence-corrected chi connectivity index (χ4v) is 3.34. The monoisotopic (exact) mass is 359 g/mol.